The third-order valence-corrected chi connectivity index (χ3v) is 1.42. The summed E-state index contributed by atoms with van der Waals surface area (Å²) in [5.41, 5.74) is -0.521. The number of allylic oxidation sites excluding steroid dienone is 1. The lowest BCUT2D eigenvalue weighted by atomic mass is 10.5. The number of aliphatic hydroxyl groups is 2. The van der Waals surface area contributed by atoms with E-state index in [-0.39, 0.29) is 5.09 Å². The van der Waals surface area contributed by atoms with E-state index in [1.807, 2.05) is 6.92 Å². The van der Waals surface area contributed by atoms with Crippen molar-refractivity contribution in [1.82, 2.24) is 0 Å². The van der Waals surface area contributed by atoms with Gasteiger partial charge in [0.1, 0.15) is 10.5 Å². The molecular formula is C6H12O2S. The molecule has 0 saturated carbocycles. The molecule has 0 aromatic heterocycles. The summed E-state index contributed by atoms with van der Waals surface area (Å²) in [4.78, 5) is 0. The van der Waals surface area contributed by atoms with Gasteiger partial charge < -0.3 is 10.2 Å². The lowest BCUT2D eigenvalue weighted by Gasteiger charge is -2.00. The molecule has 0 radical (unpaired) electrons. The van der Waals surface area contributed by atoms with E-state index in [0.717, 1.165) is 18.2 Å². The number of rotatable bonds is 3. The Morgan fingerprint density at radius 1 is 1.78 bits per heavy atom. The van der Waals surface area contributed by atoms with Crippen LogP contribution >= 0.6 is 11.8 Å². The maximum Gasteiger partial charge on any atom is 0.148 e. The number of thioether (sulfide) groups is 1. The second-order valence-electron chi connectivity index (χ2n) is 1.67. The molecule has 3 heteroatoms. The highest BCUT2D eigenvalue weighted by molar-refractivity contribution is 8.03. The lowest BCUT2D eigenvalue weighted by molar-refractivity contribution is 0.282. The summed E-state index contributed by atoms with van der Waals surface area (Å²) in [5, 5.41) is 17.8. The highest BCUT2D eigenvalue weighted by atomic mass is 32.2. The highest BCUT2D eigenvalue weighted by Crippen LogP contribution is 2.16. The summed E-state index contributed by atoms with van der Waals surface area (Å²) in [6, 6.07) is 0. The van der Waals surface area contributed by atoms with Crippen molar-refractivity contribution in [3.8, 4) is 0 Å². The Morgan fingerprint density at radius 3 is 2.67 bits per heavy atom. The fraction of sp³-hybridized carbons (Fsp3) is 0.667. The molecule has 0 amide bonds. The van der Waals surface area contributed by atoms with Gasteiger partial charge in [0, 0.05) is 0 Å². The quantitative estimate of drug-likeness (QED) is 0.474. The van der Waals surface area contributed by atoms with E-state index in [1.54, 1.807) is 13.0 Å². The maximum atomic E-state index is 8.88. The average Bonchev–Trinajstić information content (AvgIpc) is 1.63. The largest absolute Gasteiger partial charge is 0.502 e. The topological polar surface area (TPSA) is 40.5 Å². The van der Waals surface area contributed by atoms with E-state index >= 15 is 0 Å². The average molecular weight is 148 g/mol. The van der Waals surface area contributed by atoms with Crippen molar-refractivity contribution in [3.63, 3.8) is 0 Å². The Morgan fingerprint density at radius 2 is 2.33 bits per heavy atom. The Balaban J connectivity index is 3.49. The van der Waals surface area contributed by atoms with Crippen LogP contribution in [0.5, 0.6) is 0 Å². The van der Waals surface area contributed by atoms with Crippen molar-refractivity contribution < 1.29 is 10.2 Å². The van der Waals surface area contributed by atoms with Gasteiger partial charge in [0.2, 0.25) is 0 Å². The fourth-order valence-electron chi connectivity index (χ4n) is 0.397. The number of hydrogen-bond donors (Lipinski definition) is 2. The minimum atomic E-state index is -0.521. The van der Waals surface area contributed by atoms with Crippen molar-refractivity contribution >= 4 is 11.8 Å². The molecule has 0 saturated heterocycles. The first-order chi connectivity index (χ1) is 4.16. The van der Waals surface area contributed by atoms with Crippen LogP contribution < -0.4 is 0 Å². The SMILES string of the molecule is CC/C=C(\O)SC(C)O. The first-order valence-corrected chi connectivity index (χ1v) is 3.78. The van der Waals surface area contributed by atoms with Gasteiger partial charge in [-0.2, -0.15) is 0 Å². The lowest BCUT2D eigenvalue weighted by Crippen LogP contribution is -1.91. The van der Waals surface area contributed by atoms with Gasteiger partial charge in [-0.15, -0.1) is 0 Å². The van der Waals surface area contributed by atoms with Crippen molar-refractivity contribution in [2.24, 2.45) is 0 Å². The third-order valence-electron chi connectivity index (χ3n) is 0.670. The zero-order chi connectivity index (χ0) is 7.28. The molecule has 9 heavy (non-hydrogen) atoms. The molecular weight excluding hydrogens is 136 g/mol. The van der Waals surface area contributed by atoms with Gasteiger partial charge in [0.15, 0.2) is 0 Å². The minimum Gasteiger partial charge on any atom is -0.502 e. The predicted octanol–water partition coefficient (Wildman–Crippen LogP) is 1.87. The molecule has 0 bridgehead atoms. The Hall–Kier alpha value is -0.150. The summed E-state index contributed by atoms with van der Waals surface area (Å²) >= 11 is 1.05. The number of aliphatic hydroxyl groups excluding tert-OH is 2. The fourth-order valence-corrected chi connectivity index (χ4v) is 1.01. The van der Waals surface area contributed by atoms with Crippen molar-refractivity contribution in [3.05, 3.63) is 11.2 Å². The zero-order valence-corrected chi connectivity index (χ0v) is 6.48. The molecule has 0 rings (SSSR count). The van der Waals surface area contributed by atoms with Crippen LogP contribution in [0.3, 0.4) is 0 Å². The molecule has 0 aliphatic carbocycles. The summed E-state index contributed by atoms with van der Waals surface area (Å²) in [7, 11) is 0. The summed E-state index contributed by atoms with van der Waals surface area (Å²) in [6.07, 6.45) is 2.46. The molecule has 1 atom stereocenters. The summed E-state index contributed by atoms with van der Waals surface area (Å²) in [6.45, 7) is 3.54. The van der Waals surface area contributed by atoms with E-state index in [9.17, 15) is 0 Å². The van der Waals surface area contributed by atoms with Gasteiger partial charge in [-0.1, -0.05) is 18.7 Å². The molecule has 0 heterocycles. The van der Waals surface area contributed by atoms with Crippen LogP contribution in [0.15, 0.2) is 11.2 Å². The highest BCUT2D eigenvalue weighted by Gasteiger charge is 1.97. The molecule has 54 valence electrons. The van der Waals surface area contributed by atoms with Crippen LogP contribution in [0.2, 0.25) is 0 Å². The summed E-state index contributed by atoms with van der Waals surface area (Å²) in [5.74, 6) is 0. The smallest absolute Gasteiger partial charge is 0.148 e. The van der Waals surface area contributed by atoms with Crippen molar-refractivity contribution in [2.75, 3.05) is 0 Å². The van der Waals surface area contributed by atoms with Crippen LogP contribution in [0, 0.1) is 0 Å². The first kappa shape index (κ1) is 8.85. The molecule has 2 nitrogen and oxygen atoms in total. The standard InChI is InChI=1S/C6H12O2S/c1-3-4-6(8)9-5(2)7/h4-5,7-8H,3H2,1-2H3/b6-4+. The van der Waals surface area contributed by atoms with Crippen molar-refractivity contribution in [1.29, 1.82) is 0 Å². The zero-order valence-electron chi connectivity index (χ0n) is 5.66. The van der Waals surface area contributed by atoms with Gasteiger partial charge in [0.25, 0.3) is 0 Å². The van der Waals surface area contributed by atoms with Gasteiger partial charge in [0.05, 0.1) is 0 Å². The molecule has 0 aromatic carbocycles. The first-order valence-electron chi connectivity index (χ1n) is 2.90. The Bertz CT molecular complexity index is 99.2. The van der Waals surface area contributed by atoms with Crippen LogP contribution in [0.1, 0.15) is 20.3 Å². The van der Waals surface area contributed by atoms with Crippen molar-refractivity contribution in [2.45, 2.75) is 25.7 Å². The van der Waals surface area contributed by atoms with Gasteiger partial charge in [-0.05, 0) is 19.4 Å². The van der Waals surface area contributed by atoms with E-state index < -0.39 is 5.44 Å². The molecule has 0 aromatic rings. The molecule has 0 spiro atoms. The molecule has 1 unspecified atom stereocenters. The molecule has 0 fully saturated rings. The molecule has 0 aliphatic heterocycles. The van der Waals surface area contributed by atoms with E-state index in [2.05, 4.69) is 0 Å². The van der Waals surface area contributed by atoms with Gasteiger partial charge in [-0.25, -0.2) is 0 Å². The van der Waals surface area contributed by atoms with E-state index in [0.29, 0.717) is 0 Å². The monoisotopic (exact) mass is 148 g/mol. The van der Waals surface area contributed by atoms with Gasteiger partial charge in [-0.3, -0.25) is 0 Å². The normalized spacial score (nSPS) is 15.7. The van der Waals surface area contributed by atoms with Crippen LogP contribution in [0.4, 0.5) is 0 Å². The van der Waals surface area contributed by atoms with Gasteiger partial charge >= 0.3 is 0 Å². The summed E-state index contributed by atoms with van der Waals surface area (Å²) < 4.78 is 0. The van der Waals surface area contributed by atoms with E-state index in [1.165, 1.54) is 0 Å². The van der Waals surface area contributed by atoms with Crippen LogP contribution in [-0.4, -0.2) is 15.6 Å². The van der Waals surface area contributed by atoms with E-state index in [4.69, 9.17) is 10.2 Å². The Kier molecular flexibility index (Phi) is 4.62. The Labute approximate surface area is 59.6 Å². The third kappa shape index (κ3) is 5.73. The number of hydrogen-bond acceptors (Lipinski definition) is 3. The molecule has 0 aliphatic rings. The van der Waals surface area contributed by atoms with Crippen LogP contribution in [-0.2, 0) is 0 Å². The second-order valence-corrected chi connectivity index (χ2v) is 3.00. The predicted molar refractivity (Wildman–Crippen MR) is 40.3 cm³/mol. The second kappa shape index (κ2) is 4.70. The molecule has 2 N–H and O–H groups in total. The van der Waals surface area contributed by atoms with Crippen LogP contribution in [0.25, 0.3) is 0 Å². The maximum absolute atomic E-state index is 8.88. The minimum absolute atomic E-state index is 0.201.